The molecule has 0 spiro atoms. The number of carbonyl (C=O) groups excluding carboxylic acids is 1. The minimum atomic E-state index is -0.479. The molecule has 0 radical (unpaired) electrons. The summed E-state index contributed by atoms with van der Waals surface area (Å²) in [5.74, 6) is -0.471. The molecule has 0 saturated carbocycles. The average Bonchev–Trinajstić information content (AvgIpc) is 3.14. The van der Waals surface area contributed by atoms with E-state index < -0.39 is 5.91 Å². The lowest BCUT2D eigenvalue weighted by Gasteiger charge is -2.07. The van der Waals surface area contributed by atoms with E-state index >= 15 is 0 Å². The summed E-state index contributed by atoms with van der Waals surface area (Å²) in [5.41, 5.74) is 7.01. The maximum absolute atomic E-state index is 12.3. The molecule has 1 aliphatic heterocycles. The Kier molecular flexibility index (Phi) is 3.12. The lowest BCUT2D eigenvalue weighted by atomic mass is 10.0. The van der Waals surface area contributed by atoms with Gasteiger partial charge in [0.1, 0.15) is 17.5 Å². The molecule has 7 heteroatoms. The first kappa shape index (κ1) is 12.9. The van der Waals surface area contributed by atoms with Crippen LogP contribution in [0.4, 0.5) is 5.82 Å². The van der Waals surface area contributed by atoms with Crippen molar-refractivity contribution < 1.29 is 9.63 Å². The van der Waals surface area contributed by atoms with Crippen molar-refractivity contribution in [3.63, 3.8) is 0 Å². The van der Waals surface area contributed by atoms with E-state index in [4.69, 9.17) is 15.8 Å². The number of aromatic nitrogens is 2. The third-order valence-electron chi connectivity index (χ3n) is 3.21. The van der Waals surface area contributed by atoms with Crippen molar-refractivity contribution in [1.82, 2.24) is 9.78 Å². The van der Waals surface area contributed by atoms with Crippen LogP contribution in [0.5, 0.6) is 0 Å². The number of benzene rings is 1. The molecule has 0 aliphatic carbocycles. The fourth-order valence-electron chi connectivity index (χ4n) is 2.08. The van der Waals surface area contributed by atoms with E-state index in [-0.39, 0.29) is 23.2 Å². The zero-order valence-electron chi connectivity index (χ0n) is 10.9. The first-order chi connectivity index (χ1) is 10.2. The highest BCUT2D eigenvalue weighted by Gasteiger charge is 2.29. The van der Waals surface area contributed by atoms with Gasteiger partial charge in [-0.2, -0.15) is 15.0 Å². The number of nitrogens with two attached hydrogens (primary N) is 1. The van der Waals surface area contributed by atoms with E-state index in [1.807, 2.05) is 36.4 Å². The molecular weight excluding hydrogens is 270 g/mol. The van der Waals surface area contributed by atoms with Gasteiger partial charge >= 0.3 is 0 Å². The summed E-state index contributed by atoms with van der Waals surface area (Å²) in [6.45, 7) is 0. The van der Waals surface area contributed by atoms with Crippen LogP contribution in [0.25, 0.3) is 0 Å². The highest BCUT2D eigenvalue weighted by Crippen LogP contribution is 2.27. The lowest BCUT2D eigenvalue weighted by Crippen LogP contribution is -2.23. The second-order valence-electron chi connectivity index (χ2n) is 4.52. The van der Waals surface area contributed by atoms with Gasteiger partial charge in [0.15, 0.2) is 11.8 Å². The van der Waals surface area contributed by atoms with Crippen molar-refractivity contribution in [2.24, 2.45) is 5.16 Å². The predicted molar refractivity (Wildman–Crippen MR) is 74.3 cm³/mol. The van der Waals surface area contributed by atoms with Gasteiger partial charge in [0, 0.05) is 6.42 Å². The number of rotatable bonds is 2. The zero-order valence-corrected chi connectivity index (χ0v) is 10.9. The van der Waals surface area contributed by atoms with E-state index in [0.29, 0.717) is 6.42 Å². The van der Waals surface area contributed by atoms with Crippen LogP contribution in [0.1, 0.15) is 28.4 Å². The van der Waals surface area contributed by atoms with Gasteiger partial charge in [-0.1, -0.05) is 35.5 Å². The van der Waals surface area contributed by atoms with Crippen LogP contribution in [0.15, 0.2) is 41.7 Å². The topological polar surface area (TPSA) is 106 Å². The fraction of sp³-hybridized carbons (Fsp3) is 0.143. The minimum Gasteiger partial charge on any atom is -0.387 e. The van der Waals surface area contributed by atoms with Gasteiger partial charge in [-0.15, -0.1) is 0 Å². The molecule has 2 heterocycles. The van der Waals surface area contributed by atoms with Crippen molar-refractivity contribution in [2.75, 3.05) is 5.73 Å². The SMILES string of the molecule is N#Cc1cnn(C(=O)C2=NO[C@@H](c3ccccc3)C2)c1N. The third-order valence-corrected chi connectivity index (χ3v) is 3.21. The molecule has 104 valence electrons. The van der Waals surface area contributed by atoms with Gasteiger partial charge in [0.25, 0.3) is 5.91 Å². The Morgan fingerprint density at radius 3 is 2.86 bits per heavy atom. The molecule has 21 heavy (non-hydrogen) atoms. The van der Waals surface area contributed by atoms with Crippen LogP contribution in [0, 0.1) is 11.3 Å². The monoisotopic (exact) mass is 281 g/mol. The number of carbonyl (C=O) groups is 1. The van der Waals surface area contributed by atoms with E-state index in [0.717, 1.165) is 10.2 Å². The fourth-order valence-corrected chi connectivity index (χ4v) is 2.08. The van der Waals surface area contributed by atoms with Crippen LogP contribution < -0.4 is 5.73 Å². The first-order valence-corrected chi connectivity index (χ1v) is 6.26. The lowest BCUT2D eigenvalue weighted by molar-refractivity contribution is 0.0855. The maximum atomic E-state index is 12.3. The molecule has 0 unspecified atom stereocenters. The molecular formula is C14H11N5O2. The highest BCUT2D eigenvalue weighted by atomic mass is 16.6. The van der Waals surface area contributed by atoms with Gasteiger partial charge < -0.3 is 10.6 Å². The quantitative estimate of drug-likeness (QED) is 0.897. The van der Waals surface area contributed by atoms with Gasteiger partial charge in [0.05, 0.1) is 6.20 Å². The van der Waals surface area contributed by atoms with Crippen molar-refractivity contribution in [3.05, 3.63) is 47.7 Å². The summed E-state index contributed by atoms with van der Waals surface area (Å²) in [6.07, 6.45) is 1.29. The van der Waals surface area contributed by atoms with E-state index in [2.05, 4.69) is 10.3 Å². The molecule has 0 fully saturated rings. The summed E-state index contributed by atoms with van der Waals surface area (Å²) in [4.78, 5) is 17.6. The second-order valence-corrected chi connectivity index (χ2v) is 4.52. The maximum Gasteiger partial charge on any atom is 0.298 e. The summed E-state index contributed by atoms with van der Waals surface area (Å²) < 4.78 is 0.966. The Morgan fingerprint density at radius 2 is 2.19 bits per heavy atom. The molecule has 3 rings (SSSR count). The highest BCUT2D eigenvalue weighted by molar-refractivity contribution is 6.40. The Hall–Kier alpha value is -3.14. The Bertz CT molecular complexity index is 757. The van der Waals surface area contributed by atoms with Crippen molar-refractivity contribution in [3.8, 4) is 6.07 Å². The number of hydrogen-bond donors (Lipinski definition) is 1. The summed E-state index contributed by atoms with van der Waals surface area (Å²) in [5, 5.41) is 16.4. The molecule has 0 bridgehead atoms. The van der Waals surface area contributed by atoms with E-state index in [9.17, 15) is 4.79 Å². The molecule has 7 nitrogen and oxygen atoms in total. The number of nitrogen functional groups attached to an aromatic ring is 1. The summed E-state index contributed by atoms with van der Waals surface area (Å²) in [6, 6.07) is 11.4. The Balaban J connectivity index is 1.78. The van der Waals surface area contributed by atoms with Gasteiger partial charge in [-0.05, 0) is 5.56 Å². The molecule has 0 saturated heterocycles. The molecule has 1 aromatic heterocycles. The molecule has 1 atom stereocenters. The van der Waals surface area contributed by atoms with Crippen LogP contribution in [-0.4, -0.2) is 21.4 Å². The number of hydrogen-bond acceptors (Lipinski definition) is 6. The van der Waals surface area contributed by atoms with Gasteiger partial charge in [-0.25, -0.2) is 0 Å². The molecule has 2 aromatic rings. The Morgan fingerprint density at radius 1 is 1.43 bits per heavy atom. The summed E-state index contributed by atoms with van der Waals surface area (Å²) >= 11 is 0. The van der Waals surface area contributed by atoms with Crippen molar-refractivity contribution in [2.45, 2.75) is 12.5 Å². The first-order valence-electron chi connectivity index (χ1n) is 6.26. The zero-order chi connectivity index (χ0) is 14.8. The minimum absolute atomic E-state index is 0.00774. The third kappa shape index (κ3) is 2.23. The van der Waals surface area contributed by atoms with Crippen LogP contribution in [0.3, 0.4) is 0 Å². The van der Waals surface area contributed by atoms with Crippen molar-refractivity contribution in [1.29, 1.82) is 5.26 Å². The average molecular weight is 281 g/mol. The van der Waals surface area contributed by atoms with Crippen LogP contribution >= 0.6 is 0 Å². The molecule has 0 amide bonds. The standard InChI is InChI=1S/C14H11N5O2/c15-7-10-8-17-19(13(10)16)14(20)11-6-12(21-18-11)9-4-2-1-3-5-9/h1-5,8,12H,6,16H2/t12-/m1/s1. The number of nitrogens with zero attached hydrogens (tertiary/aromatic N) is 4. The van der Waals surface area contributed by atoms with E-state index in [1.54, 1.807) is 0 Å². The Labute approximate surface area is 120 Å². The van der Waals surface area contributed by atoms with Crippen LogP contribution in [0.2, 0.25) is 0 Å². The van der Waals surface area contributed by atoms with Gasteiger partial charge in [0.2, 0.25) is 0 Å². The predicted octanol–water partition coefficient (Wildman–Crippen LogP) is 1.49. The van der Waals surface area contributed by atoms with Crippen molar-refractivity contribution >= 4 is 17.4 Å². The van der Waals surface area contributed by atoms with E-state index in [1.165, 1.54) is 6.20 Å². The number of nitriles is 1. The molecule has 1 aromatic carbocycles. The smallest absolute Gasteiger partial charge is 0.298 e. The van der Waals surface area contributed by atoms with Gasteiger partial charge in [-0.3, -0.25) is 4.79 Å². The largest absolute Gasteiger partial charge is 0.387 e. The second kappa shape index (κ2) is 5.09. The molecule has 2 N–H and O–H groups in total. The normalized spacial score (nSPS) is 16.9. The number of anilines is 1. The number of oxime groups is 1. The summed E-state index contributed by atoms with van der Waals surface area (Å²) in [7, 11) is 0. The molecule has 1 aliphatic rings. The van der Waals surface area contributed by atoms with Crippen LogP contribution in [-0.2, 0) is 4.84 Å².